The van der Waals surface area contributed by atoms with Crippen molar-refractivity contribution >= 4 is 13.0 Å². The van der Waals surface area contributed by atoms with Gasteiger partial charge in [-0.15, -0.1) is 0 Å². The summed E-state index contributed by atoms with van der Waals surface area (Å²) in [7, 11) is -1.26. The second-order valence-electron chi connectivity index (χ2n) is 10.2. The zero-order valence-electron chi connectivity index (χ0n) is 17.8. The molecule has 0 spiro atoms. The minimum atomic E-state index is -1.26. The normalized spacial score (nSPS) is 39.1. The molecule has 2 heterocycles. The summed E-state index contributed by atoms with van der Waals surface area (Å²) < 4.78 is 0. The molecule has 4 aliphatic rings. The predicted octanol–water partition coefficient (Wildman–Crippen LogP) is 1.61. The maximum Gasteiger partial charge on any atom is 0.455 e. The van der Waals surface area contributed by atoms with Crippen LogP contribution in [0.15, 0.2) is 0 Å². The van der Waals surface area contributed by atoms with Crippen LogP contribution in [-0.2, 0) is 4.79 Å². The maximum atomic E-state index is 13.4. The molecular weight excluding hydrogens is 365 g/mol. The van der Waals surface area contributed by atoms with Crippen molar-refractivity contribution in [1.29, 1.82) is 0 Å². The van der Waals surface area contributed by atoms with E-state index in [0.717, 1.165) is 76.5 Å². The number of rotatable bonds is 4. The molecule has 2 aliphatic carbocycles. The number of amides is 1. The Hall–Kier alpha value is -0.625. The molecule has 6 atom stereocenters. The first kappa shape index (κ1) is 21.6. The number of piperidine rings is 2. The molecule has 6 nitrogen and oxygen atoms in total. The van der Waals surface area contributed by atoms with Crippen molar-refractivity contribution in [2.45, 2.75) is 76.1 Å². The minimum Gasteiger partial charge on any atom is -0.427 e. The molecule has 2 aliphatic heterocycles. The van der Waals surface area contributed by atoms with Crippen molar-refractivity contribution < 1.29 is 14.8 Å². The van der Waals surface area contributed by atoms with E-state index in [-0.39, 0.29) is 23.7 Å². The Morgan fingerprint density at radius 1 is 1.00 bits per heavy atom. The lowest BCUT2D eigenvalue weighted by molar-refractivity contribution is -0.140. The first-order valence-electron chi connectivity index (χ1n) is 12.2. The van der Waals surface area contributed by atoms with Gasteiger partial charge in [-0.1, -0.05) is 19.3 Å². The SMILES string of the molecule is NCC1CCCC(C2CCN(C(=O)C3CCC(B(O)O)C4CCCNC34)CC2)C1. The Morgan fingerprint density at radius 2 is 1.79 bits per heavy atom. The number of nitrogens with two attached hydrogens (primary N) is 1. The van der Waals surface area contributed by atoms with Gasteiger partial charge in [0.1, 0.15) is 0 Å². The van der Waals surface area contributed by atoms with Gasteiger partial charge in [-0.25, -0.2) is 0 Å². The van der Waals surface area contributed by atoms with Crippen molar-refractivity contribution in [3.63, 3.8) is 0 Å². The van der Waals surface area contributed by atoms with E-state index in [1.807, 2.05) is 0 Å². The lowest BCUT2D eigenvalue weighted by Gasteiger charge is -2.47. The van der Waals surface area contributed by atoms with Crippen LogP contribution < -0.4 is 11.1 Å². The van der Waals surface area contributed by atoms with Crippen molar-refractivity contribution in [3.05, 3.63) is 0 Å². The van der Waals surface area contributed by atoms with E-state index in [1.54, 1.807) is 0 Å². The van der Waals surface area contributed by atoms with Crippen molar-refractivity contribution in [2.75, 3.05) is 26.2 Å². The quantitative estimate of drug-likeness (QED) is 0.533. The fraction of sp³-hybridized carbons (Fsp3) is 0.955. The van der Waals surface area contributed by atoms with Gasteiger partial charge in [0.25, 0.3) is 0 Å². The van der Waals surface area contributed by atoms with Crippen LogP contribution in [0.2, 0.25) is 5.82 Å². The molecule has 0 radical (unpaired) electrons. The Bertz CT molecular complexity index is 555. The molecule has 2 saturated heterocycles. The molecule has 6 unspecified atom stereocenters. The third-order valence-corrected chi connectivity index (χ3v) is 8.72. The number of hydrogen-bond acceptors (Lipinski definition) is 5. The summed E-state index contributed by atoms with van der Waals surface area (Å²) in [5.41, 5.74) is 5.93. The molecule has 2 saturated carbocycles. The fourth-order valence-electron chi connectivity index (χ4n) is 7.07. The fourth-order valence-corrected chi connectivity index (χ4v) is 7.07. The van der Waals surface area contributed by atoms with Gasteiger partial charge in [0.2, 0.25) is 5.91 Å². The van der Waals surface area contributed by atoms with Gasteiger partial charge >= 0.3 is 7.12 Å². The summed E-state index contributed by atoms with van der Waals surface area (Å²) in [5.74, 6) is 2.70. The van der Waals surface area contributed by atoms with Crippen LogP contribution >= 0.6 is 0 Å². The van der Waals surface area contributed by atoms with Gasteiger partial charge in [-0.2, -0.15) is 0 Å². The second-order valence-corrected chi connectivity index (χ2v) is 10.2. The maximum absolute atomic E-state index is 13.4. The Balaban J connectivity index is 1.33. The standard InChI is InChI=1S/C22H40BN3O3/c24-14-15-3-1-4-17(13-15)16-8-11-26(12-9-16)22(27)19-6-7-20(23(28)29)18-5-2-10-25-21(18)19/h15-21,25,28-29H,1-14,24H2. The lowest BCUT2D eigenvalue weighted by atomic mass is 9.54. The molecule has 0 bridgehead atoms. The van der Waals surface area contributed by atoms with Crippen molar-refractivity contribution in [1.82, 2.24) is 10.2 Å². The van der Waals surface area contributed by atoms with Crippen LogP contribution in [0, 0.1) is 29.6 Å². The van der Waals surface area contributed by atoms with Crippen LogP contribution in [-0.4, -0.2) is 60.2 Å². The highest BCUT2D eigenvalue weighted by atomic mass is 16.4. The molecule has 29 heavy (non-hydrogen) atoms. The van der Waals surface area contributed by atoms with Crippen LogP contribution in [0.4, 0.5) is 0 Å². The average Bonchev–Trinajstić information content (AvgIpc) is 2.78. The number of nitrogens with one attached hydrogen (secondary N) is 1. The summed E-state index contributed by atoms with van der Waals surface area (Å²) in [4.78, 5) is 15.5. The average molecular weight is 405 g/mol. The monoisotopic (exact) mass is 405 g/mol. The van der Waals surface area contributed by atoms with Gasteiger partial charge in [0.05, 0.1) is 5.92 Å². The number of carbonyl (C=O) groups is 1. The number of fused-ring (bicyclic) bond motifs is 1. The largest absolute Gasteiger partial charge is 0.455 e. The van der Waals surface area contributed by atoms with Gasteiger partial charge in [0, 0.05) is 19.1 Å². The Kier molecular flexibility index (Phi) is 7.20. The molecule has 5 N–H and O–H groups in total. The summed E-state index contributed by atoms with van der Waals surface area (Å²) in [5, 5.41) is 23.2. The molecular formula is C22H40BN3O3. The van der Waals surface area contributed by atoms with Gasteiger partial charge < -0.3 is 26.0 Å². The van der Waals surface area contributed by atoms with Crippen LogP contribution in [0.25, 0.3) is 0 Å². The van der Waals surface area contributed by atoms with Crippen molar-refractivity contribution in [2.24, 2.45) is 35.3 Å². The first-order chi connectivity index (χ1) is 14.1. The lowest BCUT2D eigenvalue weighted by Crippen LogP contribution is -2.57. The summed E-state index contributed by atoms with van der Waals surface area (Å²) >= 11 is 0. The molecule has 0 aromatic rings. The highest BCUT2D eigenvalue weighted by Crippen LogP contribution is 2.44. The minimum absolute atomic E-state index is 0.00292. The van der Waals surface area contributed by atoms with Crippen molar-refractivity contribution in [3.8, 4) is 0 Å². The number of carbonyl (C=O) groups excluding carboxylic acids is 1. The molecule has 0 aromatic heterocycles. The smallest absolute Gasteiger partial charge is 0.427 e. The molecule has 1 amide bonds. The van der Waals surface area contributed by atoms with Crippen LogP contribution in [0.1, 0.15) is 64.2 Å². The molecule has 4 rings (SSSR count). The Labute approximate surface area is 176 Å². The van der Waals surface area contributed by atoms with Crippen LogP contribution in [0.3, 0.4) is 0 Å². The Morgan fingerprint density at radius 3 is 2.52 bits per heavy atom. The zero-order chi connectivity index (χ0) is 20.4. The number of nitrogens with zero attached hydrogens (tertiary/aromatic N) is 1. The van der Waals surface area contributed by atoms with Gasteiger partial charge in [0.15, 0.2) is 0 Å². The van der Waals surface area contributed by atoms with Gasteiger partial charge in [-0.05, 0) is 87.5 Å². The van der Waals surface area contributed by atoms with E-state index in [9.17, 15) is 14.8 Å². The van der Waals surface area contributed by atoms with Gasteiger partial charge in [-0.3, -0.25) is 4.79 Å². The number of hydrogen-bond donors (Lipinski definition) is 4. The van der Waals surface area contributed by atoms with E-state index in [1.165, 1.54) is 25.7 Å². The third-order valence-electron chi connectivity index (χ3n) is 8.72. The zero-order valence-corrected chi connectivity index (χ0v) is 17.8. The number of likely N-dealkylation sites (tertiary alicyclic amines) is 1. The third kappa shape index (κ3) is 4.68. The highest BCUT2D eigenvalue weighted by molar-refractivity contribution is 6.43. The highest BCUT2D eigenvalue weighted by Gasteiger charge is 2.48. The second kappa shape index (κ2) is 9.67. The summed E-state index contributed by atoms with van der Waals surface area (Å²) in [6, 6.07) is 0.109. The van der Waals surface area contributed by atoms with Crippen LogP contribution in [0.5, 0.6) is 0 Å². The molecule has 164 valence electrons. The first-order valence-corrected chi connectivity index (χ1v) is 12.2. The predicted molar refractivity (Wildman–Crippen MR) is 115 cm³/mol. The summed E-state index contributed by atoms with van der Waals surface area (Å²) in [6.07, 6.45) is 11.1. The van der Waals surface area contributed by atoms with E-state index in [4.69, 9.17) is 5.73 Å². The topological polar surface area (TPSA) is 98.8 Å². The van der Waals surface area contributed by atoms with E-state index in [0.29, 0.717) is 11.8 Å². The molecule has 0 aromatic carbocycles. The molecule has 4 fully saturated rings. The van der Waals surface area contributed by atoms with E-state index >= 15 is 0 Å². The van der Waals surface area contributed by atoms with E-state index in [2.05, 4.69) is 10.2 Å². The summed E-state index contributed by atoms with van der Waals surface area (Å²) in [6.45, 7) is 3.56. The molecule has 7 heteroatoms. The van der Waals surface area contributed by atoms with E-state index < -0.39 is 7.12 Å².